The van der Waals surface area contributed by atoms with Gasteiger partial charge in [0.25, 0.3) is 0 Å². The molecule has 0 amide bonds. The lowest BCUT2D eigenvalue weighted by Gasteiger charge is -2.28. The summed E-state index contributed by atoms with van der Waals surface area (Å²) in [5.41, 5.74) is 22.0. The van der Waals surface area contributed by atoms with Gasteiger partial charge >= 0.3 is 0 Å². The van der Waals surface area contributed by atoms with Crippen LogP contribution in [-0.4, -0.2) is 4.57 Å². The third-order valence-corrected chi connectivity index (χ3v) is 17.4. The summed E-state index contributed by atoms with van der Waals surface area (Å²) >= 11 is 0. The number of fused-ring (bicyclic) bond motifs is 3. The summed E-state index contributed by atoms with van der Waals surface area (Å²) in [5, 5.41) is 10.1. The Morgan fingerprint density at radius 2 is 0.646 bits per heavy atom. The molecule has 0 aliphatic heterocycles. The molecule has 0 spiro atoms. The minimum atomic E-state index is -0.00561. The highest BCUT2D eigenvalue weighted by atomic mass is 15.1. The van der Waals surface area contributed by atoms with Crippen LogP contribution >= 0.6 is 0 Å². The van der Waals surface area contributed by atoms with Gasteiger partial charge in [0.2, 0.25) is 0 Å². The molecule has 12 aromatic carbocycles. The molecular weight excluding hydrogens is 989 g/mol. The Kier molecular flexibility index (Phi) is 12.5. The molecule has 0 aliphatic carbocycles. The summed E-state index contributed by atoms with van der Waals surface area (Å²) in [4.78, 5) is 2.49. The standard InChI is InChI=1S/C80H74N2/c1-77(2,3)57-31-41-63(51-19-15-13-16-20-51)67(47-57)53-23-35-61(36-24-53)81(62-37-25-54(26-38-62)68-48-58(78(4,5)6)32-42-64(68)52-21-17-14-18-22-52)71-43-29-55-28-40-66-72(44-30-56-27-39-65(71)75(55)76(56)66)82-73-45-33-59(79(7,8)9)49-69(73)70-50-60(80(10,11)12)34-46-74(70)82/h13-50H,1-12H3. The van der Waals surface area contributed by atoms with Crippen LogP contribution in [0.5, 0.6) is 0 Å². The Hall–Kier alpha value is -8.72. The lowest BCUT2D eigenvalue weighted by molar-refractivity contribution is 0.590. The lowest BCUT2D eigenvalue weighted by Crippen LogP contribution is -2.12. The van der Waals surface area contributed by atoms with E-state index in [0.717, 1.165) is 17.1 Å². The van der Waals surface area contributed by atoms with E-state index in [2.05, 4.69) is 323 Å². The Morgan fingerprint density at radius 3 is 1.09 bits per heavy atom. The number of hydrogen-bond donors (Lipinski definition) is 0. The second-order valence-corrected chi connectivity index (χ2v) is 27.1. The highest BCUT2D eigenvalue weighted by molar-refractivity contribution is 6.27. The summed E-state index contributed by atoms with van der Waals surface area (Å²) in [6.07, 6.45) is 0. The van der Waals surface area contributed by atoms with Gasteiger partial charge in [0, 0.05) is 32.9 Å². The van der Waals surface area contributed by atoms with Gasteiger partial charge in [-0.15, -0.1) is 0 Å². The van der Waals surface area contributed by atoms with E-state index in [4.69, 9.17) is 0 Å². The zero-order valence-electron chi connectivity index (χ0n) is 49.8. The van der Waals surface area contributed by atoms with Crippen LogP contribution < -0.4 is 4.90 Å². The fourth-order valence-corrected chi connectivity index (χ4v) is 12.6. The van der Waals surface area contributed by atoms with Gasteiger partial charge < -0.3 is 9.47 Å². The van der Waals surface area contributed by atoms with Crippen molar-refractivity contribution in [3.05, 3.63) is 253 Å². The van der Waals surface area contributed by atoms with E-state index in [9.17, 15) is 0 Å². The zero-order valence-corrected chi connectivity index (χ0v) is 49.8. The molecule has 0 radical (unpaired) electrons. The number of rotatable bonds is 8. The van der Waals surface area contributed by atoms with E-state index in [1.807, 2.05) is 0 Å². The van der Waals surface area contributed by atoms with Crippen molar-refractivity contribution in [3.8, 4) is 50.2 Å². The van der Waals surface area contributed by atoms with Crippen LogP contribution in [0, 0.1) is 0 Å². The molecule has 404 valence electrons. The molecule has 0 N–H and O–H groups in total. The fourth-order valence-electron chi connectivity index (χ4n) is 12.6. The van der Waals surface area contributed by atoms with E-state index in [0.29, 0.717) is 0 Å². The van der Waals surface area contributed by atoms with Crippen molar-refractivity contribution in [2.24, 2.45) is 0 Å². The topological polar surface area (TPSA) is 8.17 Å². The van der Waals surface area contributed by atoms with E-state index in [1.54, 1.807) is 0 Å². The quantitative estimate of drug-likeness (QED) is 0.138. The van der Waals surface area contributed by atoms with Crippen molar-refractivity contribution in [1.82, 2.24) is 4.57 Å². The highest BCUT2D eigenvalue weighted by Crippen LogP contribution is 2.48. The van der Waals surface area contributed by atoms with Crippen molar-refractivity contribution >= 4 is 71.2 Å². The first-order valence-corrected chi connectivity index (χ1v) is 29.4. The largest absolute Gasteiger partial charge is 0.310 e. The molecular formula is C80H74N2. The number of hydrogen-bond acceptors (Lipinski definition) is 1. The molecule has 1 aromatic heterocycles. The molecule has 1 heterocycles. The number of benzene rings is 12. The van der Waals surface area contributed by atoms with Gasteiger partial charge in [-0.05, 0) is 171 Å². The predicted octanol–water partition coefficient (Wildman–Crippen LogP) is 23.0. The molecule has 2 heteroatoms. The van der Waals surface area contributed by atoms with Crippen molar-refractivity contribution in [1.29, 1.82) is 0 Å². The van der Waals surface area contributed by atoms with Crippen molar-refractivity contribution in [2.45, 2.75) is 105 Å². The molecule has 0 saturated carbocycles. The maximum Gasteiger partial charge on any atom is 0.0541 e. The SMILES string of the molecule is CC(C)(C)c1ccc(-c2ccccc2)c(-c2ccc(N(c3ccc(-c4cc(C(C)(C)C)ccc4-c4ccccc4)cc3)c3ccc4ccc5c(-n6c7ccc(C(C)(C)C)cc7c7cc(C(C)(C)C)ccc76)ccc6ccc3c4c65)cc2)c1. The maximum absolute atomic E-state index is 2.53. The normalized spacial score (nSPS) is 12.6. The first-order valence-electron chi connectivity index (χ1n) is 29.4. The average molecular weight is 1060 g/mol. The molecule has 0 unspecified atom stereocenters. The minimum Gasteiger partial charge on any atom is -0.310 e. The summed E-state index contributed by atoms with van der Waals surface area (Å²) in [6.45, 7) is 27.7. The molecule has 2 nitrogen and oxygen atoms in total. The van der Waals surface area contributed by atoms with Crippen molar-refractivity contribution < 1.29 is 0 Å². The molecule has 0 bridgehead atoms. The number of anilines is 3. The third-order valence-electron chi connectivity index (χ3n) is 17.4. The van der Waals surface area contributed by atoms with Gasteiger partial charge in [-0.25, -0.2) is 0 Å². The van der Waals surface area contributed by atoms with E-state index >= 15 is 0 Å². The summed E-state index contributed by atoms with van der Waals surface area (Å²) in [5.74, 6) is 0. The molecule has 13 aromatic rings. The second kappa shape index (κ2) is 19.5. The first-order chi connectivity index (χ1) is 39.2. The van der Waals surface area contributed by atoms with Crippen LogP contribution in [0.4, 0.5) is 17.1 Å². The molecule has 0 fully saturated rings. The van der Waals surface area contributed by atoms with Gasteiger partial charge in [-0.3, -0.25) is 0 Å². The average Bonchev–Trinajstić information content (AvgIpc) is 3.37. The van der Waals surface area contributed by atoms with Gasteiger partial charge in [-0.1, -0.05) is 253 Å². The van der Waals surface area contributed by atoms with E-state index in [1.165, 1.54) is 127 Å². The second-order valence-electron chi connectivity index (χ2n) is 27.1. The molecule has 0 saturated heterocycles. The van der Waals surface area contributed by atoms with Crippen LogP contribution in [0.1, 0.15) is 105 Å². The zero-order chi connectivity index (χ0) is 57.0. The Balaban J connectivity index is 1.02. The molecule has 0 atom stereocenters. The monoisotopic (exact) mass is 1060 g/mol. The van der Waals surface area contributed by atoms with Crippen LogP contribution in [-0.2, 0) is 21.7 Å². The summed E-state index contributed by atoms with van der Waals surface area (Å²) < 4.78 is 2.53. The van der Waals surface area contributed by atoms with E-state index in [-0.39, 0.29) is 21.7 Å². The highest BCUT2D eigenvalue weighted by Gasteiger charge is 2.26. The lowest BCUT2D eigenvalue weighted by atomic mass is 9.83. The maximum atomic E-state index is 2.53. The Morgan fingerprint density at radius 1 is 0.280 bits per heavy atom. The van der Waals surface area contributed by atoms with Crippen molar-refractivity contribution in [2.75, 3.05) is 4.90 Å². The first kappa shape index (κ1) is 52.6. The third kappa shape index (κ3) is 9.23. The molecule has 0 aliphatic rings. The molecule has 13 rings (SSSR count). The number of aromatic nitrogens is 1. The van der Waals surface area contributed by atoms with Gasteiger partial charge in [0.15, 0.2) is 0 Å². The van der Waals surface area contributed by atoms with Gasteiger partial charge in [-0.2, -0.15) is 0 Å². The van der Waals surface area contributed by atoms with Gasteiger partial charge in [0.1, 0.15) is 0 Å². The smallest absolute Gasteiger partial charge is 0.0541 e. The fraction of sp³-hybridized carbons (Fsp3) is 0.200. The van der Waals surface area contributed by atoms with Crippen LogP contribution in [0.3, 0.4) is 0 Å². The summed E-state index contributed by atoms with van der Waals surface area (Å²) in [6, 6.07) is 87.5. The van der Waals surface area contributed by atoms with Crippen LogP contribution in [0.2, 0.25) is 0 Å². The van der Waals surface area contributed by atoms with E-state index < -0.39 is 0 Å². The van der Waals surface area contributed by atoms with Crippen LogP contribution in [0.15, 0.2) is 231 Å². The van der Waals surface area contributed by atoms with Gasteiger partial charge in [0.05, 0.1) is 22.4 Å². The van der Waals surface area contributed by atoms with Crippen molar-refractivity contribution in [3.63, 3.8) is 0 Å². The Bertz CT molecular complexity index is 4330. The predicted molar refractivity (Wildman–Crippen MR) is 356 cm³/mol. The Labute approximate surface area is 485 Å². The molecule has 82 heavy (non-hydrogen) atoms. The summed E-state index contributed by atoms with van der Waals surface area (Å²) in [7, 11) is 0. The van der Waals surface area contributed by atoms with Crippen LogP contribution in [0.25, 0.3) is 104 Å². The minimum absolute atomic E-state index is 0.00561. The number of nitrogens with zero attached hydrogens (tertiary/aromatic N) is 2.